The maximum Gasteiger partial charge on any atom is 0.416 e. The Kier molecular flexibility index (Phi) is 5.38. The highest BCUT2D eigenvalue weighted by Crippen LogP contribution is 2.39. The van der Waals surface area contributed by atoms with Crippen molar-refractivity contribution in [2.45, 2.75) is 43.6 Å². The molecule has 4 nitrogen and oxygen atoms in total. The molecule has 0 amide bonds. The number of alkyl halides is 3. The maximum absolute atomic E-state index is 12.9. The van der Waals surface area contributed by atoms with Crippen molar-refractivity contribution in [1.82, 2.24) is 9.78 Å². The first-order valence-electron chi connectivity index (χ1n) is 9.60. The van der Waals surface area contributed by atoms with Gasteiger partial charge in [-0.3, -0.25) is 0 Å². The van der Waals surface area contributed by atoms with E-state index in [4.69, 9.17) is 11.6 Å². The zero-order valence-electron chi connectivity index (χ0n) is 15.9. The number of hydrogen-bond acceptors (Lipinski definition) is 3. The Labute approximate surface area is 176 Å². The van der Waals surface area contributed by atoms with Crippen molar-refractivity contribution in [1.29, 1.82) is 0 Å². The number of halogens is 4. The molecule has 0 bridgehead atoms. The Balaban J connectivity index is 1.80. The van der Waals surface area contributed by atoms with E-state index in [-0.39, 0.29) is 0 Å². The van der Waals surface area contributed by atoms with Gasteiger partial charge in [0, 0.05) is 10.6 Å². The van der Waals surface area contributed by atoms with E-state index in [1.165, 1.54) is 12.1 Å². The molecule has 1 aliphatic rings. The number of aliphatic hydroxyl groups excluding tert-OH is 1. The molecule has 0 spiro atoms. The predicted molar refractivity (Wildman–Crippen MR) is 107 cm³/mol. The van der Waals surface area contributed by atoms with Crippen LogP contribution in [-0.2, 0) is 11.8 Å². The zero-order chi connectivity index (χ0) is 21.5. The van der Waals surface area contributed by atoms with Crippen molar-refractivity contribution in [2.75, 3.05) is 0 Å². The van der Waals surface area contributed by atoms with E-state index in [1.807, 2.05) is 0 Å². The zero-order valence-corrected chi connectivity index (χ0v) is 16.7. The Morgan fingerprint density at radius 2 is 1.60 bits per heavy atom. The lowest BCUT2D eigenvalue weighted by Crippen LogP contribution is -2.33. The summed E-state index contributed by atoms with van der Waals surface area (Å²) >= 11 is 5.98. The molecule has 1 aromatic heterocycles. The average molecular weight is 437 g/mol. The van der Waals surface area contributed by atoms with Crippen molar-refractivity contribution in [3.05, 3.63) is 70.9 Å². The second-order valence-corrected chi connectivity index (χ2v) is 8.08. The number of hydrogen-bond donors (Lipinski definition) is 2. The van der Waals surface area contributed by atoms with Crippen LogP contribution in [0.15, 0.2) is 54.6 Å². The number of benzene rings is 2. The van der Waals surface area contributed by atoms with Crippen molar-refractivity contribution in [3.8, 4) is 16.9 Å². The lowest BCUT2D eigenvalue weighted by atomic mass is 9.81. The molecule has 2 N–H and O–H groups in total. The van der Waals surface area contributed by atoms with Gasteiger partial charge in [0.05, 0.1) is 28.7 Å². The van der Waals surface area contributed by atoms with Crippen molar-refractivity contribution in [2.24, 2.45) is 0 Å². The van der Waals surface area contributed by atoms with E-state index in [0.29, 0.717) is 53.3 Å². The summed E-state index contributed by atoms with van der Waals surface area (Å²) in [6.07, 6.45) is -3.23. The lowest BCUT2D eigenvalue weighted by Gasteiger charge is -2.32. The summed E-state index contributed by atoms with van der Waals surface area (Å²) in [6.45, 7) is 0. The minimum atomic E-state index is -4.42. The minimum absolute atomic E-state index is 0.359. The van der Waals surface area contributed by atoms with E-state index < -0.39 is 23.4 Å². The molecule has 0 aliphatic heterocycles. The van der Waals surface area contributed by atoms with Gasteiger partial charge in [-0.25, -0.2) is 4.68 Å². The summed E-state index contributed by atoms with van der Waals surface area (Å²) in [4.78, 5) is 0. The highest BCUT2D eigenvalue weighted by Gasteiger charge is 2.37. The monoisotopic (exact) mass is 436 g/mol. The molecule has 1 aliphatic carbocycles. The molecule has 1 fully saturated rings. The highest BCUT2D eigenvalue weighted by molar-refractivity contribution is 6.30. The number of nitrogens with zero attached hydrogens (tertiary/aromatic N) is 2. The van der Waals surface area contributed by atoms with Gasteiger partial charge in [0.1, 0.15) is 5.60 Å². The summed E-state index contributed by atoms with van der Waals surface area (Å²) in [5.41, 5.74) is 0.261. The van der Waals surface area contributed by atoms with Crippen LogP contribution in [0.1, 0.15) is 36.9 Å². The van der Waals surface area contributed by atoms with Crippen LogP contribution in [0.4, 0.5) is 13.2 Å². The standard InChI is InChI=1S/C22H20ClF3N2O2/c23-16-5-7-17(8-6-16)28-19(14-1-3-15(4-2-14)22(24,25)26)13-20(27-28)21(30)11-9-18(29)10-12-21/h1-8,13,18,29-30H,9-12H2. The first kappa shape index (κ1) is 20.9. The minimum Gasteiger partial charge on any atom is -0.393 e. The summed E-state index contributed by atoms with van der Waals surface area (Å²) in [5, 5.41) is 26.1. The number of aromatic nitrogens is 2. The maximum atomic E-state index is 12.9. The molecule has 0 atom stereocenters. The van der Waals surface area contributed by atoms with Gasteiger partial charge in [0.2, 0.25) is 0 Å². The summed E-state index contributed by atoms with van der Waals surface area (Å²) in [7, 11) is 0. The van der Waals surface area contributed by atoms with Gasteiger partial charge < -0.3 is 10.2 Å². The molecular weight excluding hydrogens is 417 g/mol. The average Bonchev–Trinajstić information content (AvgIpc) is 3.17. The second kappa shape index (κ2) is 7.72. The molecule has 4 rings (SSSR count). The quantitative estimate of drug-likeness (QED) is 0.583. The largest absolute Gasteiger partial charge is 0.416 e. The highest BCUT2D eigenvalue weighted by atomic mass is 35.5. The van der Waals surface area contributed by atoms with Crippen LogP contribution in [0.3, 0.4) is 0 Å². The molecule has 1 saturated carbocycles. The van der Waals surface area contributed by atoms with Crippen LogP contribution >= 0.6 is 11.6 Å². The third-order valence-corrected chi connectivity index (χ3v) is 5.80. The normalized spacial score (nSPS) is 22.3. The van der Waals surface area contributed by atoms with Gasteiger partial charge in [-0.1, -0.05) is 23.7 Å². The van der Waals surface area contributed by atoms with Gasteiger partial charge in [0.25, 0.3) is 0 Å². The van der Waals surface area contributed by atoms with Crippen LogP contribution < -0.4 is 0 Å². The van der Waals surface area contributed by atoms with Gasteiger partial charge in [-0.15, -0.1) is 0 Å². The van der Waals surface area contributed by atoms with Gasteiger partial charge in [-0.05, 0) is 68.1 Å². The fourth-order valence-corrected chi connectivity index (χ4v) is 3.89. The van der Waals surface area contributed by atoms with E-state index in [0.717, 1.165) is 12.1 Å². The first-order valence-corrected chi connectivity index (χ1v) is 9.98. The third kappa shape index (κ3) is 4.10. The van der Waals surface area contributed by atoms with Crippen LogP contribution in [0.2, 0.25) is 5.02 Å². The fourth-order valence-electron chi connectivity index (χ4n) is 3.76. The summed E-state index contributed by atoms with van der Waals surface area (Å²) in [6, 6.07) is 13.4. The van der Waals surface area contributed by atoms with E-state index in [9.17, 15) is 23.4 Å². The van der Waals surface area contributed by atoms with E-state index in [2.05, 4.69) is 5.10 Å². The second-order valence-electron chi connectivity index (χ2n) is 7.64. The fraction of sp³-hybridized carbons (Fsp3) is 0.318. The molecule has 158 valence electrons. The van der Waals surface area contributed by atoms with Crippen LogP contribution in [0, 0.1) is 0 Å². The topological polar surface area (TPSA) is 58.3 Å². The Bertz CT molecular complexity index is 1020. The van der Waals surface area contributed by atoms with E-state index in [1.54, 1.807) is 35.0 Å². The Hall–Kier alpha value is -2.35. The molecule has 0 saturated heterocycles. The molecule has 0 radical (unpaired) electrons. The molecule has 30 heavy (non-hydrogen) atoms. The number of aliphatic hydroxyl groups is 2. The smallest absolute Gasteiger partial charge is 0.393 e. The number of rotatable bonds is 3. The third-order valence-electron chi connectivity index (χ3n) is 5.55. The molecule has 0 unspecified atom stereocenters. The summed E-state index contributed by atoms with van der Waals surface area (Å²) in [5.74, 6) is 0. The van der Waals surface area contributed by atoms with Crippen molar-refractivity contribution in [3.63, 3.8) is 0 Å². The van der Waals surface area contributed by atoms with Crippen molar-refractivity contribution < 1.29 is 23.4 Å². The molecule has 8 heteroatoms. The van der Waals surface area contributed by atoms with Gasteiger partial charge in [-0.2, -0.15) is 18.3 Å². The molecule has 1 heterocycles. The SMILES string of the molecule is OC1CCC(O)(c2cc(-c3ccc(C(F)(F)F)cc3)n(-c3ccc(Cl)cc3)n2)CC1. The van der Waals surface area contributed by atoms with Crippen molar-refractivity contribution >= 4 is 11.6 Å². The van der Waals surface area contributed by atoms with Gasteiger partial charge in [0.15, 0.2) is 0 Å². The Morgan fingerprint density at radius 3 is 2.17 bits per heavy atom. The van der Waals surface area contributed by atoms with Gasteiger partial charge >= 0.3 is 6.18 Å². The first-order chi connectivity index (χ1) is 14.2. The van der Waals surface area contributed by atoms with Crippen LogP contribution in [0.5, 0.6) is 0 Å². The summed E-state index contributed by atoms with van der Waals surface area (Å²) < 4.78 is 40.4. The molecule has 3 aromatic rings. The molecular formula is C22H20ClF3N2O2. The lowest BCUT2D eigenvalue weighted by molar-refractivity contribution is -0.137. The van der Waals surface area contributed by atoms with Crippen LogP contribution in [0.25, 0.3) is 16.9 Å². The predicted octanol–water partition coefficient (Wildman–Crippen LogP) is 5.33. The van der Waals surface area contributed by atoms with E-state index >= 15 is 0 Å². The Morgan fingerprint density at radius 1 is 1.00 bits per heavy atom. The molecule has 2 aromatic carbocycles. The van der Waals surface area contributed by atoms with Crippen LogP contribution in [-0.4, -0.2) is 26.1 Å².